The monoisotopic (exact) mass is 381 g/mol. The second kappa shape index (κ2) is 8.08. The number of fused-ring (bicyclic) bond motifs is 1. The molecule has 3 aromatic carbocycles. The lowest BCUT2D eigenvalue weighted by Gasteiger charge is -2.08. The van der Waals surface area contributed by atoms with Gasteiger partial charge in [0.05, 0.1) is 11.0 Å². The smallest absolute Gasteiger partial charge is 0.136 e. The van der Waals surface area contributed by atoms with E-state index in [1.54, 1.807) is 0 Å². The van der Waals surface area contributed by atoms with E-state index < -0.39 is 0 Å². The molecule has 0 aliphatic rings. The van der Waals surface area contributed by atoms with Crippen LogP contribution in [-0.4, -0.2) is 0 Å². The van der Waals surface area contributed by atoms with E-state index in [1.807, 2.05) is 6.07 Å². The predicted octanol–water partition coefficient (Wildman–Crippen LogP) is 7.33. The van der Waals surface area contributed by atoms with Crippen LogP contribution < -0.4 is 5.36 Å². The molecule has 4 aromatic rings. The minimum absolute atomic E-state index is 0.511. The standard InChI is InChI=1S/C27H27NO/c1-5-20-7-13-23(14-8-20)28-25-17-27(22-11-9-21(10-12-22)18(2)3)29-26-15-6-19(4)16-24(25)26/h6-18H,5H2,1-4H3. The van der Waals surface area contributed by atoms with Gasteiger partial charge in [-0.25, -0.2) is 4.99 Å². The van der Waals surface area contributed by atoms with Crippen LogP contribution in [0.3, 0.4) is 0 Å². The van der Waals surface area contributed by atoms with Crippen LogP contribution in [0.1, 0.15) is 43.4 Å². The van der Waals surface area contributed by atoms with Crippen LogP contribution in [-0.2, 0) is 6.42 Å². The molecule has 0 bridgehead atoms. The van der Waals surface area contributed by atoms with Crippen molar-refractivity contribution in [2.24, 2.45) is 4.99 Å². The SMILES string of the molecule is CCc1ccc(N=c2cc(-c3ccc(C(C)C)cc3)oc3ccc(C)cc23)cc1. The summed E-state index contributed by atoms with van der Waals surface area (Å²) in [5.41, 5.74) is 6.71. The number of benzene rings is 3. The molecule has 1 aromatic heterocycles. The fraction of sp³-hybridized carbons (Fsp3) is 0.222. The largest absolute Gasteiger partial charge is 0.456 e. The van der Waals surface area contributed by atoms with Gasteiger partial charge in [0.25, 0.3) is 0 Å². The highest BCUT2D eigenvalue weighted by molar-refractivity contribution is 5.79. The van der Waals surface area contributed by atoms with E-state index in [4.69, 9.17) is 9.41 Å². The fourth-order valence-electron chi connectivity index (χ4n) is 3.50. The van der Waals surface area contributed by atoms with Gasteiger partial charge < -0.3 is 4.42 Å². The maximum Gasteiger partial charge on any atom is 0.136 e. The molecule has 0 N–H and O–H groups in total. The molecular weight excluding hydrogens is 354 g/mol. The van der Waals surface area contributed by atoms with Gasteiger partial charge in [-0.05, 0) is 54.7 Å². The Morgan fingerprint density at radius 1 is 0.862 bits per heavy atom. The zero-order valence-electron chi connectivity index (χ0n) is 17.6. The Hall–Kier alpha value is -3.13. The van der Waals surface area contributed by atoms with Crippen molar-refractivity contribution in [1.29, 1.82) is 0 Å². The quantitative estimate of drug-likeness (QED) is 0.363. The highest BCUT2D eigenvalue weighted by Gasteiger charge is 2.08. The third kappa shape index (κ3) is 4.17. The third-order valence-corrected chi connectivity index (χ3v) is 5.35. The molecule has 0 saturated carbocycles. The molecule has 1 heterocycles. The first-order valence-corrected chi connectivity index (χ1v) is 10.3. The minimum Gasteiger partial charge on any atom is -0.456 e. The molecule has 0 unspecified atom stereocenters. The van der Waals surface area contributed by atoms with Crippen LogP contribution >= 0.6 is 0 Å². The molecule has 146 valence electrons. The minimum atomic E-state index is 0.511. The lowest BCUT2D eigenvalue weighted by atomic mass is 10.0. The first-order valence-electron chi connectivity index (χ1n) is 10.3. The summed E-state index contributed by atoms with van der Waals surface area (Å²) in [6.45, 7) is 8.67. The van der Waals surface area contributed by atoms with E-state index in [-0.39, 0.29) is 0 Å². The summed E-state index contributed by atoms with van der Waals surface area (Å²) in [7, 11) is 0. The summed E-state index contributed by atoms with van der Waals surface area (Å²) in [6.07, 6.45) is 1.03. The highest BCUT2D eigenvalue weighted by Crippen LogP contribution is 2.25. The maximum absolute atomic E-state index is 6.26. The lowest BCUT2D eigenvalue weighted by Crippen LogP contribution is -2.03. The molecule has 0 fully saturated rings. The molecule has 0 aliphatic heterocycles. The molecule has 2 nitrogen and oxygen atoms in total. The maximum atomic E-state index is 6.26. The second-order valence-corrected chi connectivity index (χ2v) is 7.90. The van der Waals surface area contributed by atoms with Crippen LogP contribution in [0.5, 0.6) is 0 Å². The number of aryl methyl sites for hydroxylation is 2. The zero-order chi connectivity index (χ0) is 20.4. The van der Waals surface area contributed by atoms with Crippen molar-refractivity contribution in [3.05, 3.63) is 94.8 Å². The fourth-order valence-corrected chi connectivity index (χ4v) is 3.50. The van der Waals surface area contributed by atoms with Crippen molar-refractivity contribution in [3.8, 4) is 11.3 Å². The Balaban J connectivity index is 1.89. The van der Waals surface area contributed by atoms with Crippen molar-refractivity contribution in [2.75, 3.05) is 0 Å². The molecule has 0 aliphatic carbocycles. The van der Waals surface area contributed by atoms with Gasteiger partial charge in [-0.2, -0.15) is 0 Å². The summed E-state index contributed by atoms with van der Waals surface area (Å²) < 4.78 is 6.26. The normalized spacial score (nSPS) is 12.1. The Kier molecular flexibility index (Phi) is 5.35. The molecule has 0 spiro atoms. The predicted molar refractivity (Wildman–Crippen MR) is 122 cm³/mol. The number of nitrogens with zero attached hydrogens (tertiary/aromatic N) is 1. The molecule has 0 amide bonds. The summed E-state index contributed by atoms with van der Waals surface area (Å²) in [5.74, 6) is 1.35. The van der Waals surface area contributed by atoms with E-state index in [2.05, 4.69) is 94.4 Å². The van der Waals surface area contributed by atoms with Crippen LogP contribution in [0.25, 0.3) is 22.3 Å². The average Bonchev–Trinajstić information content (AvgIpc) is 2.74. The summed E-state index contributed by atoms with van der Waals surface area (Å²) in [5, 5.41) is 1.97. The van der Waals surface area contributed by atoms with Gasteiger partial charge in [0.15, 0.2) is 0 Å². The van der Waals surface area contributed by atoms with Gasteiger partial charge in [-0.1, -0.05) is 68.8 Å². The van der Waals surface area contributed by atoms with Gasteiger partial charge in [-0.15, -0.1) is 0 Å². The number of hydrogen-bond donors (Lipinski definition) is 0. The van der Waals surface area contributed by atoms with Crippen molar-refractivity contribution in [1.82, 2.24) is 0 Å². The van der Waals surface area contributed by atoms with E-state index in [1.165, 1.54) is 16.7 Å². The van der Waals surface area contributed by atoms with Crippen molar-refractivity contribution < 1.29 is 4.42 Å². The van der Waals surface area contributed by atoms with Gasteiger partial charge >= 0.3 is 0 Å². The van der Waals surface area contributed by atoms with Crippen LogP contribution in [0, 0.1) is 6.92 Å². The molecule has 0 atom stereocenters. The third-order valence-electron chi connectivity index (χ3n) is 5.35. The summed E-state index contributed by atoms with van der Waals surface area (Å²) >= 11 is 0. The van der Waals surface area contributed by atoms with E-state index in [0.717, 1.165) is 39.8 Å². The van der Waals surface area contributed by atoms with E-state index in [9.17, 15) is 0 Å². The Bertz CT molecular complexity index is 1200. The molecule has 2 heteroatoms. The zero-order valence-corrected chi connectivity index (χ0v) is 17.6. The Morgan fingerprint density at radius 2 is 1.59 bits per heavy atom. The molecule has 0 saturated heterocycles. The summed E-state index contributed by atoms with van der Waals surface area (Å²) in [4.78, 5) is 4.96. The van der Waals surface area contributed by atoms with Crippen LogP contribution in [0.2, 0.25) is 0 Å². The molecular formula is C27H27NO. The van der Waals surface area contributed by atoms with Crippen LogP contribution in [0.4, 0.5) is 5.69 Å². The van der Waals surface area contributed by atoms with Crippen molar-refractivity contribution >= 4 is 16.7 Å². The number of hydrogen-bond acceptors (Lipinski definition) is 2. The van der Waals surface area contributed by atoms with E-state index >= 15 is 0 Å². The van der Waals surface area contributed by atoms with E-state index in [0.29, 0.717) is 5.92 Å². The molecule has 4 rings (SSSR count). The van der Waals surface area contributed by atoms with Gasteiger partial charge in [0.1, 0.15) is 11.3 Å². The number of rotatable bonds is 4. The average molecular weight is 382 g/mol. The van der Waals surface area contributed by atoms with Gasteiger partial charge in [0.2, 0.25) is 0 Å². The lowest BCUT2D eigenvalue weighted by molar-refractivity contribution is 0.618. The van der Waals surface area contributed by atoms with Crippen molar-refractivity contribution in [3.63, 3.8) is 0 Å². The first kappa shape index (κ1) is 19.2. The van der Waals surface area contributed by atoms with Crippen molar-refractivity contribution in [2.45, 2.75) is 40.0 Å². The van der Waals surface area contributed by atoms with Crippen LogP contribution in [0.15, 0.2) is 82.2 Å². The topological polar surface area (TPSA) is 25.5 Å². The Labute approximate surface area is 172 Å². The van der Waals surface area contributed by atoms with Gasteiger partial charge in [0, 0.05) is 17.0 Å². The van der Waals surface area contributed by atoms with Gasteiger partial charge in [-0.3, -0.25) is 0 Å². The molecule has 29 heavy (non-hydrogen) atoms. The highest BCUT2D eigenvalue weighted by atomic mass is 16.3. The second-order valence-electron chi connectivity index (χ2n) is 7.90. The summed E-state index contributed by atoms with van der Waals surface area (Å²) in [6, 6.07) is 25.4. The first-order chi connectivity index (χ1) is 14.0. The Morgan fingerprint density at radius 3 is 2.24 bits per heavy atom. The molecule has 0 radical (unpaired) electrons.